The highest BCUT2D eigenvalue weighted by atomic mass is 16.5. The summed E-state index contributed by atoms with van der Waals surface area (Å²) >= 11 is 0. The van der Waals surface area contributed by atoms with Gasteiger partial charge >= 0.3 is 0 Å². The Morgan fingerprint density at radius 2 is 2.13 bits per heavy atom. The van der Waals surface area contributed by atoms with Crippen LogP contribution in [0, 0.1) is 0 Å². The fourth-order valence-corrected chi connectivity index (χ4v) is 1.79. The molecule has 0 aromatic carbocycles. The highest BCUT2D eigenvalue weighted by Gasteiger charge is 2.18. The van der Waals surface area contributed by atoms with Crippen LogP contribution in [0.4, 0.5) is 0 Å². The molecule has 0 saturated carbocycles. The zero-order valence-corrected chi connectivity index (χ0v) is 10.1. The summed E-state index contributed by atoms with van der Waals surface area (Å²) in [6.45, 7) is 7.80. The van der Waals surface area contributed by atoms with E-state index >= 15 is 0 Å². The minimum Gasteiger partial charge on any atom is -0.481 e. The Bertz CT molecular complexity index is 318. The van der Waals surface area contributed by atoms with Gasteiger partial charge in [-0.2, -0.15) is 5.10 Å². The van der Waals surface area contributed by atoms with E-state index in [2.05, 4.69) is 25.9 Å². The molecule has 0 unspecified atom stereocenters. The number of rotatable bonds is 5. The fourth-order valence-electron chi connectivity index (χ4n) is 1.79. The SMILES string of the molecule is CCn1nc(C(C)C)c(CCN)c1OC. The molecule has 0 spiro atoms. The number of aromatic nitrogens is 2. The molecule has 1 heterocycles. The normalized spacial score (nSPS) is 11.1. The van der Waals surface area contributed by atoms with Crippen LogP contribution in [0.15, 0.2) is 0 Å². The Kier molecular flexibility index (Phi) is 4.15. The molecule has 0 atom stereocenters. The molecule has 0 aliphatic heterocycles. The third kappa shape index (κ3) is 2.31. The number of aryl methyl sites for hydroxylation is 1. The van der Waals surface area contributed by atoms with Crippen LogP contribution in [0.25, 0.3) is 0 Å². The lowest BCUT2D eigenvalue weighted by Gasteiger charge is -2.06. The van der Waals surface area contributed by atoms with Crippen LogP contribution < -0.4 is 10.5 Å². The number of methoxy groups -OCH3 is 1. The Morgan fingerprint density at radius 1 is 1.47 bits per heavy atom. The summed E-state index contributed by atoms with van der Waals surface area (Å²) in [7, 11) is 1.69. The molecule has 86 valence electrons. The van der Waals surface area contributed by atoms with E-state index in [9.17, 15) is 0 Å². The van der Waals surface area contributed by atoms with Crippen molar-refractivity contribution in [3.63, 3.8) is 0 Å². The lowest BCUT2D eigenvalue weighted by Crippen LogP contribution is -2.06. The third-order valence-corrected chi connectivity index (χ3v) is 2.46. The third-order valence-electron chi connectivity index (χ3n) is 2.46. The van der Waals surface area contributed by atoms with Crippen molar-refractivity contribution in [1.82, 2.24) is 9.78 Å². The molecule has 1 rings (SSSR count). The summed E-state index contributed by atoms with van der Waals surface area (Å²) < 4.78 is 7.30. The molecule has 0 aliphatic rings. The Morgan fingerprint density at radius 3 is 2.53 bits per heavy atom. The first-order valence-corrected chi connectivity index (χ1v) is 5.49. The van der Waals surface area contributed by atoms with Crippen molar-refractivity contribution in [3.05, 3.63) is 11.3 Å². The molecular weight excluding hydrogens is 190 g/mol. The monoisotopic (exact) mass is 211 g/mol. The quantitative estimate of drug-likeness (QED) is 0.803. The molecule has 15 heavy (non-hydrogen) atoms. The Labute approximate surface area is 91.4 Å². The minimum atomic E-state index is 0.410. The minimum absolute atomic E-state index is 0.410. The molecule has 0 bridgehead atoms. The maximum atomic E-state index is 5.61. The zero-order chi connectivity index (χ0) is 11.4. The van der Waals surface area contributed by atoms with Crippen molar-refractivity contribution < 1.29 is 4.74 Å². The zero-order valence-electron chi connectivity index (χ0n) is 10.1. The van der Waals surface area contributed by atoms with E-state index in [-0.39, 0.29) is 0 Å². The maximum absolute atomic E-state index is 5.61. The average Bonchev–Trinajstić information content (AvgIpc) is 2.56. The Hall–Kier alpha value is -1.03. The van der Waals surface area contributed by atoms with Crippen molar-refractivity contribution in [2.45, 2.75) is 39.7 Å². The van der Waals surface area contributed by atoms with Gasteiger partial charge in [-0.3, -0.25) is 0 Å². The van der Waals surface area contributed by atoms with Crippen molar-refractivity contribution in [2.24, 2.45) is 5.73 Å². The van der Waals surface area contributed by atoms with Gasteiger partial charge in [0, 0.05) is 12.1 Å². The van der Waals surface area contributed by atoms with Crippen LogP contribution in [0.3, 0.4) is 0 Å². The van der Waals surface area contributed by atoms with Crippen molar-refractivity contribution in [3.8, 4) is 5.88 Å². The molecule has 0 saturated heterocycles. The average molecular weight is 211 g/mol. The summed E-state index contributed by atoms with van der Waals surface area (Å²) in [5.74, 6) is 1.28. The van der Waals surface area contributed by atoms with E-state index in [1.807, 2.05) is 4.68 Å². The highest BCUT2D eigenvalue weighted by Crippen LogP contribution is 2.27. The van der Waals surface area contributed by atoms with Crippen LogP contribution in [0.5, 0.6) is 5.88 Å². The molecular formula is C11H21N3O. The van der Waals surface area contributed by atoms with E-state index in [0.717, 1.165) is 30.1 Å². The van der Waals surface area contributed by atoms with Crippen molar-refractivity contribution >= 4 is 0 Å². The first-order valence-electron chi connectivity index (χ1n) is 5.49. The summed E-state index contributed by atoms with van der Waals surface area (Å²) in [6, 6.07) is 0. The second kappa shape index (κ2) is 5.16. The van der Waals surface area contributed by atoms with E-state index in [1.165, 1.54) is 0 Å². The standard InChI is InChI=1S/C11H21N3O/c1-5-14-11(15-4)9(6-7-12)10(13-14)8(2)3/h8H,5-7,12H2,1-4H3. The van der Waals surface area contributed by atoms with Gasteiger partial charge < -0.3 is 10.5 Å². The Balaban J connectivity index is 3.20. The molecule has 1 aromatic heterocycles. The van der Waals surface area contributed by atoms with Gasteiger partial charge in [0.05, 0.1) is 12.8 Å². The van der Waals surface area contributed by atoms with Crippen LogP contribution in [0.2, 0.25) is 0 Å². The predicted molar refractivity (Wildman–Crippen MR) is 61.3 cm³/mol. The number of hydrogen-bond donors (Lipinski definition) is 1. The lowest BCUT2D eigenvalue weighted by molar-refractivity contribution is 0.360. The van der Waals surface area contributed by atoms with Crippen molar-refractivity contribution in [2.75, 3.05) is 13.7 Å². The van der Waals surface area contributed by atoms with Gasteiger partial charge in [0.15, 0.2) is 0 Å². The van der Waals surface area contributed by atoms with Gasteiger partial charge in [0.1, 0.15) is 0 Å². The van der Waals surface area contributed by atoms with E-state index in [0.29, 0.717) is 12.5 Å². The molecule has 4 heteroatoms. The second-order valence-electron chi connectivity index (χ2n) is 3.88. The second-order valence-corrected chi connectivity index (χ2v) is 3.88. The van der Waals surface area contributed by atoms with Crippen LogP contribution in [0.1, 0.15) is 37.9 Å². The number of nitrogens with zero attached hydrogens (tertiary/aromatic N) is 2. The first kappa shape index (κ1) is 12.0. The first-order chi connectivity index (χ1) is 7.15. The topological polar surface area (TPSA) is 53.1 Å². The largest absolute Gasteiger partial charge is 0.481 e. The van der Waals surface area contributed by atoms with Gasteiger partial charge in [-0.1, -0.05) is 13.8 Å². The van der Waals surface area contributed by atoms with Crippen molar-refractivity contribution in [1.29, 1.82) is 0 Å². The summed E-state index contributed by atoms with van der Waals surface area (Å²) in [5, 5.41) is 4.55. The van der Waals surface area contributed by atoms with E-state index in [1.54, 1.807) is 7.11 Å². The van der Waals surface area contributed by atoms with E-state index < -0.39 is 0 Å². The van der Waals surface area contributed by atoms with Gasteiger partial charge in [-0.15, -0.1) is 0 Å². The molecule has 1 aromatic rings. The molecule has 2 N–H and O–H groups in total. The molecule has 0 fully saturated rings. The van der Waals surface area contributed by atoms with Gasteiger partial charge in [0.25, 0.3) is 0 Å². The van der Waals surface area contributed by atoms with Crippen LogP contribution >= 0.6 is 0 Å². The smallest absolute Gasteiger partial charge is 0.215 e. The molecule has 0 amide bonds. The van der Waals surface area contributed by atoms with Crippen LogP contribution in [-0.2, 0) is 13.0 Å². The highest BCUT2D eigenvalue weighted by molar-refractivity contribution is 5.34. The van der Waals surface area contributed by atoms with E-state index in [4.69, 9.17) is 10.5 Å². The fraction of sp³-hybridized carbons (Fsp3) is 0.727. The number of nitrogens with two attached hydrogens (primary N) is 1. The molecule has 0 radical (unpaired) electrons. The van der Waals surface area contributed by atoms with Crippen LogP contribution in [-0.4, -0.2) is 23.4 Å². The summed E-state index contributed by atoms with van der Waals surface area (Å²) in [6.07, 6.45) is 0.830. The van der Waals surface area contributed by atoms with Gasteiger partial charge in [-0.05, 0) is 25.8 Å². The summed E-state index contributed by atoms with van der Waals surface area (Å²) in [4.78, 5) is 0. The maximum Gasteiger partial charge on any atom is 0.215 e. The number of hydrogen-bond acceptors (Lipinski definition) is 3. The molecule has 0 aliphatic carbocycles. The number of ether oxygens (including phenoxy) is 1. The van der Waals surface area contributed by atoms with Gasteiger partial charge in [0.2, 0.25) is 5.88 Å². The summed E-state index contributed by atoms with van der Waals surface area (Å²) in [5.41, 5.74) is 7.89. The lowest BCUT2D eigenvalue weighted by atomic mass is 10.0. The molecule has 4 nitrogen and oxygen atoms in total. The predicted octanol–water partition coefficient (Wildman–Crippen LogP) is 1.54. The van der Waals surface area contributed by atoms with Gasteiger partial charge in [-0.25, -0.2) is 4.68 Å².